The first-order chi connectivity index (χ1) is 8.60. The summed E-state index contributed by atoms with van der Waals surface area (Å²) in [6.45, 7) is 0. The molecule has 1 aromatic rings. The summed E-state index contributed by atoms with van der Waals surface area (Å²) in [6, 6.07) is 3.83. The first kappa shape index (κ1) is 12.7. The summed E-state index contributed by atoms with van der Waals surface area (Å²) in [5, 5.41) is 21.5. The molecule has 2 atom stereocenters. The van der Waals surface area contributed by atoms with Gasteiger partial charge in [-0.2, -0.15) is 0 Å². The molecule has 0 saturated heterocycles. The number of carbonyl (C=O) groups excluding carboxylic acids is 1. The Morgan fingerprint density at radius 2 is 1.94 bits per heavy atom. The van der Waals surface area contributed by atoms with Gasteiger partial charge >= 0.3 is 0 Å². The van der Waals surface area contributed by atoms with Crippen molar-refractivity contribution in [2.24, 2.45) is 0 Å². The van der Waals surface area contributed by atoms with Gasteiger partial charge in [0.15, 0.2) is 0 Å². The normalized spacial score (nSPS) is 22.9. The molecule has 1 fully saturated rings. The van der Waals surface area contributed by atoms with Crippen LogP contribution < -0.4 is 5.32 Å². The van der Waals surface area contributed by atoms with Crippen LogP contribution in [-0.4, -0.2) is 35.4 Å². The number of rotatable bonds is 3. The minimum atomic E-state index is -0.310. The third kappa shape index (κ3) is 2.73. The smallest absolute Gasteiger partial charge is 0.251 e. The van der Waals surface area contributed by atoms with Gasteiger partial charge in [-0.3, -0.25) is 4.79 Å². The third-order valence-corrected chi connectivity index (χ3v) is 3.24. The highest BCUT2D eigenvalue weighted by Crippen LogP contribution is 2.23. The van der Waals surface area contributed by atoms with Crippen LogP contribution in [0.2, 0.25) is 0 Å². The second-order valence-electron chi connectivity index (χ2n) is 4.52. The summed E-state index contributed by atoms with van der Waals surface area (Å²) in [5.74, 6) is -0.570. The molecular formula is C13H17NO4. The van der Waals surface area contributed by atoms with E-state index < -0.39 is 0 Å². The van der Waals surface area contributed by atoms with E-state index in [-0.39, 0.29) is 35.1 Å². The largest absolute Gasteiger partial charge is 0.508 e. The van der Waals surface area contributed by atoms with E-state index in [1.54, 1.807) is 7.11 Å². The van der Waals surface area contributed by atoms with Gasteiger partial charge in [0.1, 0.15) is 11.5 Å². The molecule has 3 N–H and O–H groups in total. The number of ether oxygens (including phenoxy) is 1. The van der Waals surface area contributed by atoms with Crippen molar-refractivity contribution in [1.82, 2.24) is 5.32 Å². The van der Waals surface area contributed by atoms with Gasteiger partial charge in [0.05, 0.1) is 12.1 Å². The lowest BCUT2D eigenvalue weighted by Gasteiger charge is -2.19. The van der Waals surface area contributed by atoms with Crippen molar-refractivity contribution in [3.8, 4) is 11.5 Å². The molecule has 0 aromatic heterocycles. The van der Waals surface area contributed by atoms with E-state index in [2.05, 4.69) is 5.32 Å². The maximum absolute atomic E-state index is 12.0. The standard InChI is InChI=1S/C13H17NO4/c1-18-12-4-2-3-11(12)14-13(17)8-5-9(15)7-10(16)6-8/h5-7,11-12,15-16H,2-4H2,1H3,(H,14,17). The molecule has 1 aromatic carbocycles. The molecule has 98 valence electrons. The van der Waals surface area contributed by atoms with Crippen LogP contribution in [0.3, 0.4) is 0 Å². The molecule has 0 bridgehead atoms. The Balaban J connectivity index is 2.07. The van der Waals surface area contributed by atoms with Crippen molar-refractivity contribution in [3.05, 3.63) is 23.8 Å². The lowest BCUT2D eigenvalue weighted by atomic mass is 10.1. The zero-order valence-electron chi connectivity index (χ0n) is 10.2. The topological polar surface area (TPSA) is 78.8 Å². The Labute approximate surface area is 105 Å². The van der Waals surface area contributed by atoms with E-state index in [1.807, 2.05) is 0 Å². The van der Waals surface area contributed by atoms with E-state index in [1.165, 1.54) is 18.2 Å². The van der Waals surface area contributed by atoms with Gasteiger partial charge in [-0.05, 0) is 31.4 Å². The zero-order valence-corrected chi connectivity index (χ0v) is 10.2. The highest BCUT2D eigenvalue weighted by molar-refractivity contribution is 5.95. The van der Waals surface area contributed by atoms with Crippen LogP contribution in [-0.2, 0) is 4.74 Å². The van der Waals surface area contributed by atoms with Crippen LogP contribution in [0.4, 0.5) is 0 Å². The molecule has 18 heavy (non-hydrogen) atoms. The van der Waals surface area contributed by atoms with E-state index in [9.17, 15) is 15.0 Å². The summed E-state index contributed by atoms with van der Waals surface area (Å²) in [4.78, 5) is 12.0. The molecule has 1 amide bonds. The molecule has 0 aliphatic heterocycles. The Hall–Kier alpha value is -1.75. The molecule has 1 aliphatic rings. The molecule has 5 nitrogen and oxygen atoms in total. The van der Waals surface area contributed by atoms with Crippen LogP contribution in [0.5, 0.6) is 11.5 Å². The number of hydrogen-bond donors (Lipinski definition) is 3. The van der Waals surface area contributed by atoms with Crippen molar-refractivity contribution in [2.45, 2.75) is 31.4 Å². The number of carbonyl (C=O) groups is 1. The number of nitrogens with one attached hydrogen (secondary N) is 1. The summed E-state index contributed by atoms with van der Waals surface area (Å²) >= 11 is 0. The summed E-state index contributed by atoms with van der Waals surface area (Å²) < 4.78 is 5.29. The molecule has 1 saturated carbocycles. The van der Waals surface area contributed by atoms with Crippen LogP contribution in [0.1, 0.15) is 29.6 Å². The molecule has 0 spiro atoms. The predicted octanol–water partition coefficient (Wildman–Crippen LogP) is 1.40. The number of methoxy groups -OCH3 is 1. The minimum Gasteiger partial charge on any atom is -0.508 e. The Bertz CT molecular complexity index is 426. The fraction of sp³-hybridized carbons (Fsp3) is 0.462. The van der Waals surface area contributed by atoms with E-state index in [0.717, 1.165) is 19.3 Å². The minimum absolute atomic E-state index is 0.00741. The first-order valence-electron chi connectivity index (χ1n) is 5.97. The molecule has 2 rings (SSSR count). The van der Waals surface area contributed by atoms with Gasteiger partial charge in [0, 0.05) is 18.7 Å². The van der Waals surface area contributed by atoms with Crippen LogP contribution in [0.15, 0.2) is 18.2 Å². The second kappa shape index (κ2) is 5.27. The van der Waals surface area contributed by atoms with E-state index >= 15 is 0 Å². The van der Waals surface area contributed by atoms with Gasteiger partial charge in [0.25, 0.3) is 5.91 Å². The van der Waals surface area contributed by atoms with Gasteiger partial charge in [0.2, 0.25) is 0 Å². The average Bonchev–Trinajstić information content (AvgIpc) is 2.75. The number of phenolic OH excluding ortho intramolecular Hbond substituents is 2. The SMILES string of the molecule is COC1CCCC1NC(=O)c1cc(O)cc(O)c1. The van der Waals surface area contributed by atoms with Crippen molar-refractivity contribution in [2.75, 3.05) is 7.11 Å². The van der Waals surface area contributed by atoms with Crippen molar-refractivity contribution in [1.29, 1.82) is 0 Å². The van der Waals surface area contributed by atoms with E-state index in [4.69, 9.17) is 4.74 Å². The lowest BCUT2D eigenvalue weighted by Crippen LogP contribution is -2.40. The van der Waals surface area contributed by atoms with Crippen LogP contribution in [0.25, 0.3) is 0 Å². The third-order valence-electron chi connectivity index (χ3n) is 3.24. The van der Waals surface area contributed by atoms with Gasteiger partial charge in [-0.25, -0.2) is 0 Å². The molecule has 5 heteroatoms. The lowest BCUT2D eigenvalue weighted by molar-refractivity contribution is 0.0722. The molecule has 2 unspecified atom stereocenters. The van der Waals surface area contributed by atoms with Crippen LogP contribution >= 0.6 is 0 Å². The van der Waals surface area contributed by atoms with Crippen molar-refractivity contribution in [3.63, 3.8) is 0 Å². The summed E-state index contributed by atoms with van der Waals surface area (Å²) in [7, 11) is 1.63. The monoisotopic (exact) mass is 251 g/mol. The number of phenols is 2. The highest BCUT2D eigenvalue weighted by Gasteiger charge is 2.28. The predicted molar refractivity (Wildman–Crippen MR) is 65.7 cm³/mol. The number of aromatic hydroxyl groups is 2. The number of benzene rings is 1. The maximum Gasteiger partial charge on any atom is 0.251 e. The Kier molecular flexibility index (Phi) is 3.72. The van der Waals surface area contributed by atoms with E-state index in [0.29, 0.717) is 0 Å². The summed E-state index contributed by atoms with van der Waals surface area (Å²) in [5.41, 5.74) is 0.245. The zero-order chi connectivity index (χ0) is 13.1. The van der Waals surface area contributed by atoms with Crippen molar-refractivity contribution >= 4 is 5.91 Å². The quantitative estimate of drug-likeness (QED) is 0.758. The fourth-order valence-corrected chi connectivity index (χ4v) is 2.35. The molecule has 0 heterocycles. The summed E-state index contributed by atoms with van der Waals surface area (Å²) in [6.07, 6.45) is 2.89. The van der Waals surface area contributed by atoms with Crippen LogP contribution in [0, 0.1) is 0 Å². The first-order valence-corrected chi connectivity index (χ1v) is 5.97. The van der Waals surface area contributed by atoms with Gasteiger partial charge in [-0.15, -0.1) is 0 Å². The Morgan fingerprint density at radius 3 is 2.56 bits per heavy atom. The molecular weight excluding hydrogens is 234 g/mol. The fourth-order valence-electron chi connectivity index (χ4n) is 2.35. The van der Waals surface area contributed by atoms with Gasteiger partial charge in [-0.1, -0.05) is 0 Å². The Morgan fingerprint density at radius 1 is 1.28 bits per heavy atom. The number of hydrogen-bond acceptors (Lipinski definition) is 4. The maximum atomic E-state index is 12.0. The second-order valence-corrected chi connectivity index (χ2v) is 4.52. The number of amides is 1. The van der Waals surface area contributed by atoms with Crippen molar-refractivity contribution < 1.29 is 19.7 Å². The van der Waals surface area contributed by atoms with Gasteiger partial charge < -0.3 is 20.3 Å². The molecule has 0 radical (unpaired) electrons. The highest BCUT2D eigenvalue weighted by atomic mass is 16.5. The molecule has 1 aliphatic carbocycles. The average molecular weight is 251 g/mol.